The molecule has 0 saturated carbocycles. The summed E-state index contributed by atoms with van der Waals surface area (Å²) in [7, 11) is 1.31. The number of methoxy groups -OCH3 is 1. The molecule has 0 radical (unpaired) electrons. The molecule has 1 nitrogen and oxygen atoms in total. The molecule has 0 N–H and O–H groups in total. The molecule has 0 saturated heterocycles. The molecule has 2 heteroatoms. The van der Waals surface area contributed by atoms with E-state index in [2.05, 4.69) is 19.2 Å². The molecule has 0 aliphatic heterocycles. The first-order valence-electron chi connectivity index (χ1n) is 2.95. The second-order valence-electron chi connectivity index (χ2n) is 2.24. The molecule has 48 valence electrons. The third kappa shape index (κ3) is 5.76. The summed E-state index contributed by atoms with van der Waals surface area (Å²) in [4.78, 5) is 0. The summed E-state index contributed by atoms with van der Waals surface area (Å²) in [6.45, 7) is 4.64. The first-order chi connectivity index (χ1) is 3.77. The van der Waals surface area contributed by atoms with E-state index in [1.165, 1.54) is 6.04 Å². The van der Waals surface area contributed by atoms with Gasteiger partial charge >= 0.3 is 0 Å². The molecule has 8 heavy (non-hydrogen) atoms. The lowest BCUT2D eigenvalue weighted by Crippen LogP contribution is -1.94. The Morgan fingerprint density at radius 3 is 2.50 bits per heavy atom. The first-order valence-corrected chi connectivity index (χ1v) is 6.07. The zero-order valence-electron chi connectivity index (χ0n) is 5.85. The predicted molar refractivity (Wildman–Crippen MR) is 39.8 cm³/mol. The molecule has 0 aromatic heterocycles. The average Bonchev–Trinajstić information content (AvgIpc) is 1.66. The third-order valence-electron chi connectivity index (χ3n) is 0.840. The molecule has 0 aromatic carbocycles. The molecular weight excluding hydrogens is 116 g/mol. The lowest BCUT2D eigenvalue weighted by Gasteiger charge is -1.92. The summed E-state index contributed by atoms with van der Waals surface area (Å²) >= 11 is 0. The Morgan fingerprint density at radius 2 is 2.12 bits per heavy atom. The van der Waals surface area contributed by atoms with Crippen LogP contribution in [0.2, 0.25) is 19.1 Å². The van der Waals surface area contributed by atoms with Crippen LogP contribution in [0, 0.1) is 0 Å². The largest absolute Gasteiger partial charge is 0.505 e. The normalized spacial score (nSPS) is 11.0. The van der Waals surface area contributed by atoms with Crippen molar-refractivity contribution in [2.24, 2.45) is 0 Å². The van der Waals surface area contributed by atoms with Gasteiger partial charge in [0.1, 0.15) is 0 Å². The standard InChI is InChI=1S/C6H14OSi/c1-7-5-4-6-8(2)3/h4-5,8H,6H2,1-3H3. The van der Waals surface area contributed by atoms with Gasteiger partial charge in [0.25, 0.3) is 0 Å². The molecule has 0 aliphatic rings. The molecule has 0 amide bonds. The summed E-state index contributed by atoms with van der Waals surface area (Å²) in [6, 6.07) is 1.24. The Hall–Kier alpha value is -0.243. The van der Waals surface area contributed by atoms with E-state index in [4.69, 9.17) is 4.74 Å². The zero-order chi connectivity index (χ0) is 6.41. The van der Waals surface area contributed by atoms with E-state index in [9.17, 15) is 0 Å². The minimum atomic E-state index is -0.369. The van der Waals surface area contributed by atoms with Crippen LogP contribution >= 0.6 is 0 Å². The van der Waals surface area contributed by atoms with Crippen LogP contribution < -0.4 is 0 Å². The molecule has 0 aliphatic carbocycles. The molecule has 0 atom stereocenters. The van der Waals surface area contributed by atoms with Crippen molar-refractivity contribution >= 4 is 8.80 Å². The molecule has 0 spiro atoms. The number of ether oxygens (including phenoxy) is 1. The van der Waals surface area contributed by atoms with Crippen LogP contribution in [0.1, 0.15) is 0 Å². The van der Waals surface area contributed by atoms with Crippen molar-refractivity contribution in [3.05, 3.63) is 12.3 Å². The summed E-state index contributed by atoms with van der Waals surface area (Å²) in [5.41, 5.74) is 0. The Labute approximate surface area is 53.0 Å². The van der Waals surface area contributed by atoms with Crippen molar-refractivity contribution < 1.29 is 4.74 Å². The number of hydrogen-bond donors (Lipinski definition) is 0. The maximum Gasteiger partial charge on any atom is 0.0781 e. The highest BCUT2D eigenvalue weighted by molar-refractivity contribution is 6.56. The Bertz CT molecular complexity index is 68.9. The molecule has 0 aromatic rings. The van der Waals surface area contributed by atoms with Crippen LogP contribution in [0.4, 0.5) is 0 Å². The minimum Gasteiger partial charge on any atom is -0.505 e. The summed E-state index contributed by atoms with van der Waals surface area (Å²) in [6.07, 6.45) is 3.85. The second-order valence-corrected chi connectivity index (χ2v) is 5.50. The fourth-order valence-corrected chi connectivity index (χ4v) is 1.08. The second kappa shape index (κ2) is 4.90. The SMILES string of the molecule is COC=CC[SiH](C)C. The molecule has 0 unspecified atom stereocenters. The van der Waals surface area contributed by atoms with Crippen molar-refractivity contribution in [2.45, 2.75) is 19.1 Å². The van der Waals surface area contributed by atoms with Crippen LogP contribution in [0.15, 0.2) is 12.3 Å². The molecular formula is C6H14OSi. The van der Waals surface area contributed by atoms with Gasteiger partial charge in [0.2, 0.25) is 0 Å². The van der Waals surface area contributed by atoms with E-state index < -0.39 is 0 Å². The molecule has 0 heterocycles. The summed E-state index contributed by atoms with van der Waals surface area (Å²) < 4.78 is 4.73. The Morgan fingerprint density at radius 1 is 1.50 bits per heavy atom. The van der Waals surface area contributed by atoms with E-state index in [1.54, 1.807) is 13.4 Å². The van der Waals surface area contributed by atoms with Crippen LogP contribution in [-0.4, -0.2) is 15.9 Å². The monoisotopic (exact) mass is 130 g/mol. The maximum absolute atomic E-state index is 4.73. The van der Waals surface area contributed by atoms with Crippen LogP contribution in [0.3, 0.4) is 0 Å². The van der Waals surface area contributed by atoms with Gasteiger partial charge in [-0.25, -0.2) is 0 Å². The lowest BCUT2D eigenvalue weighted by atomic mass is 10.7. The Balaban J connectivity index is 3.03. The van der Waals surface area contributed by atoms with Gasteiger partial charge < -0.3 is 4.74 Å². The van der Waals surface area contributed by atoms with Crippen LogP contribution in [-0.2, 0) is 4.74 Å². The van der Waals surface area contributed by atoms with Gasteiger partial charge in [0.15, 0.2) is 0 Å². The van der Waals surface area contributed by atoms with E-state index in [0.717, 1.165) is 0 Å². The lowest BCUT2D eigenvalue weighted by molar-refractivity contribution is 0.337. The fraction of sp³-hybridized carbons (Fsp3) is 0.667. The topological polar surface area (TPSA) is 9.23 Å². The minimum absolute atomic E-state index is 0.369. The Kier molecular flexibility index (Phi) is 4.76. The number of hydrogen-bond acceptors (Lipinski definition) is 1. The van der Waals surface area contributed by atoms with Crippen molar-refractivity contribution in [1.29, 1.82) is 0 Å². The van der Waals surface area contributed by atoms with Crippen molar-refractivity contribution in [1.82, 2.24) is 0 Å². The zero-order valence-corrected chi connectivity index (χ0v) is 7.00. The fourth-order valence-electron chi connectivity index (χ4n) is 0.424. The van der Waals surface area contributed by atoms with E-state index >= 15 is 0 Å². The van der Waals surface area contributed by atoms with Gasteiger partial charge in [-0.05, 0) is 6.04 Å². The summed E-state index contributed by atoms with van der Waals surface area (Å²) in [5.74, 6) is 0. The predicted octanol–water partition coefficient (Wildman–Crippen LogP) is 1.63. The van der Waals surface area contributed by atoms with Crippen LogP contribution in [0.5, 0.6) is 0 Å². The highest BCUT2D eigenvalue weighted by Gasteiger charge is 1.87. The van der Waals surface area contributed by atoms with Crippen molar-refractivity contribution in [3.8, 4) is 0 Å². The third-order valence-corrected chi connectivity index (χ3v) is 2.05. The quantitative estimate of drug-likeness (QED) is 0.417. The van der Waals surface area contributed by atoms with E-state index in [-0.39, 0.29) is 8.80 Å². The molecule has 0 fully saturated rings. The van der Waals surface area contributed by atoms with Gasteiger partial charge in [-0.1, -0.05) is 19.2 Å². The summed E-state index contributed by atoms with van der Waals surface area (Å²) in [5, 5.41) is 0. The first kappa shape index (κ1) is 7.76. The highest BCUT2D eigenvalue weighted by Crippen LogP contribution is 1.91. The number of allylic oxidation sites excluding steroid dienone is 1. The van der Waals surface area contributed by atoms with Crippen molar-refractivity contribution in [2.75, 3.05) is 7.11 Å². The molecule has 0 bridgehead atoms. The van der Waals surface area contributed by atoms with Gasteiger partial charge in [-0.15, -0.1) is 0 Å². The average molecular weight is 130 g/mol. The molecule has 0 rings (SSSR count). The van der Waals surface area contributed by atoms with Gasteiger partial charge in [-0.3, -0.25) is 0 Å². The van der Waals surface area contributed by atoms with Crippen LogP contribution in [0.25, 0.3) is 0 Å². The maximum atomic E-state index is 4.73. The van der Waals surface area contributed by atoms with E-state index in [0.29, 0.717) is 0 Å². The highest BCUT2D eigenvalue weighted by atomic mass is 28.3. The van der Waals surface area contributed by atoms with E-state index in [1.807, 2.05) is 0 Å². The van der Waals surface area contributed by atoms with Gasteiger partial charge in [0.05, 0.1) is 13.4 Å². The number of rotatable bonds is 3. The van der Waals surface area contributed by atoms with Gasteiger partial charge in [-0.2, -0.15) is 0 Å². The van der Waals surface area contributed by atoms with Crippen molar-refractivity contribution in [3.63, 3.8) is 0 Å². The van der Waals surface area contributed by atoms with Gasteiger partial charge in [0, 0.05) is 8.80 Å². The smallest absolute Gasteiger partial charge is 0.0781 e.